The van der Waals surface area contributed by atoms with E-state index in [-0.39, 0.29) is 11.8 Å². The molecule has 0 spiro atoms. The summed E-state index contributed by atoms with van der Waals surface area (Å²) in [4.78, 5) is 28.3. The Bertz CT molecular complexity index is 805. The fourth-order valence-corrected chi connectivity index (χ4v) is 4.21. The maximum Gasteiger partial charge on any atom is 0.240 e. The topological polar surface area (TPSA) is 85.1 Å². The van der Waals surface area contributed by atoms with Crippen LogP contribution >= 0.6 is 0 Å². The van der Waals surface area contributed by atoms with Crippen LogP contribution in [0.3, 0.4) is 0 Å². The molecule has 0 unspecified atom stereocenters. The Hall–Kier alpha value is -2.43. The van der Waals surface area contributed by atoms with E-state index in [1.54, 1.807) is 0 Å². The lowest BCUT2D eigenvalue weighted by Gasteiger charge is -2.29. The predicted molar refractivity (Wildman–Crippen MR) is 107 cm³/mol. The number of aromatic nitrogens is 1. The first-order valence-electron chi connectivity index (χ1n) is 9.88. The van der Waals surface area contributed by atoms with Crippen molar-refractivity contribution in [2.24, 2.45) is 17.6 Å². The van der Waals surface area contributed by atoms with Crippen LogP contribution in [0, 0.1) is 11.8 Å². The van der Waals surface area contributed by atoms with Crippen LogP contribution in [0.1, 0.15) is 57.4 Å². The molecular formula is C22H29N3O2. The average molecular weight is 367 g/mol. The predicted octanol–water partition coefficient (Wildman–Crippen LogP) is 3.52. The van der Waals surface area contributed by atoms with Gasteiger partial charge in [0, 0.05) is 18.0 Å². The van der Waals surface area contributed by atoms with Crippen molar-refractivity contribution < 1.29 is 9.59 Å². The number of rotatable bonds is 6. The maximum absolute atomic E-state index is 12.3. The quantitative estimate of drug-likeness (QED) is 0.819. The molecule has 144 valence electrons. The molecule has 1 fully saturated rings. The van der Waals surface area contributed by atoms with Gasteiger partial charge in [0.2, 0.25) is 11.8 Å². The largest absolute Gasteiger partial charge is 0.368 e. The molecule has 2 amide bonds. The van der Waals surface area contributed by atoms with Crippen LogP contribution in [0.15, 0.2) is 36.5 Å². The van der Waals surface area contributed by atoms with Gasteiger partial charge in [0.15, 0.2) is 0 Å². The van der Waals surface area contributed by atoms with E-state index < -0.39 is 11.9 Å². The number of nitrogens with zero attached hydrogens (tertiary/aromatic N) is 1. The molecule has 0 aliphatic heterocycles. The van der Waals surface area contributed by atoms with Crippen LogP contribution < -0.4 is 11.1 Å². The molecule has 2 aromatic rings. The van der Waals surface area contributed by atoms with Crippen LogP contribution in [0.4, 0.5) is 0 Å². The van der Waals surface area contributed by atoms with Crippen molar-refractivity contribution in [3.63, 3.8) is 0 Å². The number of para-hydroxylation sites is 1. The highest BCUT2D eigenvalue weighted by Gasteiger charge is 2.27. The van der Waals surface area contributed by atoms with Gasteiger partial charge < -0.3 is 11.1 Å². The Kier molecular flexibility index (Phi) is 6.09. The Morgan fingerprint density at radius 3 is 2.52 bits per heavy atom. The minimum atomic E-state index is -0.586. The second-order valence-corrected chi connectivity index (χ2v) is 8.03. The van der Waals surface area contributed by atoms with Gasteiger partial charge in [-0.2, -0.15) is 0 Å². The third kappa shape index (κ3) is 4.65. The molecule has 1 atom stereocenters. The van der Waals surface area contributed by atoms with Gasteiger partial charge >= 0.3 is 0 Å². The van der Waals surface area contributed by atoms with E-state index in [0.717, 1.165) is 31.2 Å². The highest BCUT2D eigenvalue weighted by Crippen LogP contribution is 2.39. The minimum Gasteiger partial charge on any atom is -0.368 e. The number of primary amides is 1. The third-order valence-electron chi connectivity index (χ3n) is 5.73. The summed E-state index contributed by atoms with van der Waals surface area (Å²) in [6.07, 6.45) is 6.58. The summed E-state index contributed by atoms with van der Waals surface area (Å²) in [5, 5.41) is 4.05. The molecule has 5 heteroatoms. The first-order chi connectivity index (χ1) is 13.0. The molecule has 1 aliphatic rings. The van der Waals surface area contributed by atoms with Gasteiger partial charge in [-0.1, -0.05) is 32.0 Å². The number of hydrogen-bond acceptors (Lipinski definition) is 3. The lowest BCUT2D eigenvalue weighted by Crippen LogP contribution is -2.48. The second kappa shape index (κ2) is 8.51. The SMILES string of the molecule is CC(C)[C@H](NC(=O)C[C@H]1CC[C@@H](c2ccnc3ccccc32)CC1)C(N)=O. The standard InChI is InChI=1S/C22H29N3O2/c1-14(2)21(22(23)27)25-20(26)13-15-7-9-16(10-8-15)17-11-12-24-19-6-4-3-5-18(17)19/h3-6,11-12,14-16,21H,7-10,13H2,1-2H3,(H2,23,27)(H,25,26)/t15-,16+,21-/m0/s1. The van der Waals surface area contributed by atoms with Gasteiger partial charge in [0.1, 0.15) is 6.04 Å². The average Bonchev–Trinajstić information content (AvgIpc) is 2.66. The van der Waals surface area contributed by atoms with E-state index >= 15 is 0 Å². The Morgan fingerprint density at radius 2 is 1.85 bits per heavy atom. The number of hydrogen-bond donors (Lipinski definition) is 2. The van der Waals surface area contributed by atoms with Gasteiger partial charge in [-0.05, 0) is 61.1 Å². The molecular weight excluding hydrogens is 338 g/mol. The Labute approximate surface area is 160 Å². The van der Waals surface area contributed by atoms with Gasteiger partial charge in [-0.3, -0.25) is 14.6 Å². The van der Waals surface area contributed by atoms with Crippen molar-refractivity contribution in [2.75, 3.05) is 0 Å². The monoisotopic (exact) mass is 367 g/mol. The molecule has 1 saturated carbocycles. The molecule has 27 heavy (non-hydrogen) atoms. The first kappa shape index (κ1) is 19.3. The number of nitrogens with one attached hydrogen (secondary N) is 1. The van der Waals surface area contributed by atoms with Crippen molar-refractivity contribution in [2.45, 2.75) is 57.9 Å². The highest BCUT2D eigenvalue weighted by atomic mass is 16.2. The number of amides is 2. The van der Waals surface area contributed by atoms with Crippen molar-refractivity contribution in [3.8, 4) is 0 Å². The number of carbonyl (C=O) groups excluding carboxylic acids is 2. The molecule has 0 radical (unpaired) electrons. The molecule has 1 aliphatic carbocycles. The summed E-state index contributed by atoms with van der Waals surface area (Å²) in [6.45, 7) is 3.78. The molecule has 3 N–H and O–H groups in total. The molecule has 0 bridgehead atoms. The lowest BCUT2D eigenvalue weighted by atomic mass is 9.77. The van der Waals surface area contributed by atoms with E-state index in [1.807, 2.05) is 26.1 Å². The van der Waals surface area contributed by atoms with Crippen molar-refractivity contribution in [3.05, 3.63) is 42.1 Å². The van der Waals surface area contributed by atoms with Crippen molar-refractivity contribution >= 4 is 22.7 Å². The normalized spacial score (nSPS) is 21.1. The van der Waals surface area contributed by atoms with Crippen LogP contribution in [-0.2, 0) is 9.59 Å². The number of benzene rings is 1. The summed E-state index contributed by atoms with van der Waals surface area (Å²) >= 11 is 0. The summed E-state index contributed by atoms with van der Waals surface area (Å²) in [5.41, 5.74) is 7.80. The van der Waals surface area contributed by atoms with Gasteiger partial charge in [-0.15, -0.1) is 0 Å². The minimum absolute atomic E-state index is 0.00200. The zero-order chi connectivity index (χ0) is 19.4. The molecule has 0 saturated heterocycles. The maximum atomic E-state index is 12.3. The van der Waals surface area contributed by atoms with Crippen LogP contribution in [-0.4, -0.2) is 22.8 Å². The zero-order valence-corrected chi connectivity index (χ0v) is 16.2. The Morgan fingerprint density at radius 1 is 1.15 bits per heavy atom. The highest BCUT2D eigenvalue weighted by molar-refractivity contribution is 5.86. The summed E-state index contributed by atoms with van der Waals surface area (Å²) in [7, 11) is 0. The third-order valence-corrected chi connectivity index (χ3v) is 5.73. The molecule has 3 rings (SSSR count). The van der Waals surface area contributed by atoms with Crippen molar-refractivity contribution in [1.82, 2.24) is 10.3 Å². The van der Waals surface area contributed by atoms with E-state index in [1.165, 1.54) is 10.9 Å². The van der Waals surface area contributed by atoms with Crippen LogP contribution in [0.5, 0.6) is 0 Å². The molecule has 1 heterocycles. The number of nitrogens with two attached hydrogens (primary N) is 1. The van der Waals surface area contributed by atoms with Gasteiger partial charge in [-0.25, -0.2) is 0 Å². The van der Waals surface area contributed by atoms with Crippen molar-refractivity contribution in [1.29, 1.82) is 0 Å². The molecule has 5 nitrogen and oxygen atoms in total. The zero-order valence-electron chi connectivity index (χ0n) is 16.2. The summed E-state index contributed by atoms with van der Waals surface area (Å²) < 4.78 is 0. The Balaban J connectivity index is 1.57. The smallest absolute Gasteiger partial charge is 0.240 e. The van der Waals surface area contributed by atoms with E-state index in [9.17, 15) is 9.59 Å². The van der Waals surface area contributed by atoms with Gasteiger partial charge in [0.05, 0.1) is 5.52 Å². The number of pyridine rings is 1. The fraction of sp³-hybridized carbons (Fsp3) is 0.500. The van der Waals surface area contributed by atoms with E-state index in [2.05, 4.69) is 34.6 Å². The summed E-state index contributed by atoms with van der Waals surface area (Å²) in [6, 6.07) is 9.83. The van der Waals surface area contributed by atoms with E-state index in [0.29, 0.717) is 18.3 Å². The first-order valence-corrected chi connectivity index (χ1v) is 9.88. The molecule has 1 aromatic heterocycles. The van der Waals surface area contributed by atoms with Crippen LogP contribution in [0.25, 0.3) is 10.9 Å². The fourth-order valence-electron chi connectivity index (χ4n) is 4.21. The lowest BCUT2D eigenvalue weighted by molar-refractivity contribution is -0.129. The van der Waals surface area contributed by atoms with Crippen LogP contribution in [0.2, 0.25) is 0 Å². The second-order valence-electron chi connectivity index (χ2n) is 8.03. The summed E-state index contributed by atoms with van der Waals surface area (Å²) in [5.74, 6) is 0.361. The van der Waals surface area contributed by atoms with E-state index in [4.69, 9.17) is 5.73 Å². The number of carbonyl (C=O) groups is 2. The number of fused-ring (bicyclic) bond motifs is 1. The van der Waals surface area contributed by atoms with Gasteiger partial charge in [0.25, 0.3) is 0 Å². The molecule has 1 aromatic carbocycles.